The molecule has 1 spiro atoms. The summed E-state index contributed by atoms with van der Waals surface area (Å²) in [5, 5.41) is 0. The molecule has 0 amide bonds. The number of hydrogen-bond acceptors (Lipinski definition) is 0. The van der Waals surface area contributed by atoms with Crippen LogP contribution in [0, 0.1) is 34.5 Å². The fourth-order valence-corrected chi connectivity index (χ4v) is 4.65. The summed E-state index contributed by atoms with van der Waals surface area (Å²) < 4.78 is 0. The Morgan fingerprint density at radius 2 is 1.93 bits per heavy atom. The first-order valence-electron chi connectivity index (χ1n) is 6.53. The first-order chi connectivity index (χ1) is 6.53. The van der Waals surface area contributed by atoms with Crippen LogP contribution in [-0.4, -0.2) is 0 Å². The van der Waals surface area contributed by atoms with Crippen LogP contribution in [0.15, 0.2) is 0 Å². The van der Waals surface area contributed by atoms with Gasteiger partial charge in [0.2, 0.25) is 0 Å². The molecule has 0 heterocycles. The molecule has 80 valence electrons. The Morgan fingerprint density at radius 3 is 2.43 bits per heavy atom. The van der Waals surface area contributed by atoms with Gasteiger partial charge in [-0.3, -0.25) is 0 Å². The molecular weight excluding hydrogens is 168 g/mol. The highest BCUT2D eigenvalue weighted by molar-refractivity contribution is 5.41. The molecule has 0 nitrogen and oxygen atoms in total. The van der Waals surface area contributed by atoms with E-state index < -0.39 is 0 Å². The standard InChI is InChI=1S/C14H24/c1-9(2)6-5-7-13(4)8-14(13)11-10(3)12(11)14/h9-12H,5-8H2,1-4H3. The average molecular weight is 192 g/mol. The molecule has 0 aromatic heterocycles. The monoisotopic (exact) mass is 192 g/mol. The first-order valence-corrected chi connectivity index (χ1v) is 6.53. The van der Waals surface area contributed by atoms with Gasteiger partial charge in [0.25, 0.3) is 0 Å². The van der Waals surface area contributed by atoms with E-state index in [1.54, 1.807) is 6.42 Å². The first kappa shape index (κ1) is 9.24. The topological polar surface area (TPSA) is 0 Å². The van der Waals surface area contributed by atoms with Crippen molar-refractivity contribution in [1.29, 1.82) is 0 Å². The van der Waals surface area contributed by atoms with Gasteiger partial charge in [-0.05, 0) is 47.3 Å². The fraction of sp³-hybridized carbons (Fsp3) is 1.00. The summed E-state index contributed by atoms with van der Waals surface area (Å²) in [6.45, 7) is 9.71. The van der Waals surface area contributed by atoms with Crippen molar-refractivity contribution >= 4 is 0 Å². The van der Waals surface area contributed by atoms with Crippen LogP contribution in [0.25, 0.3) is 0 Å². The van der Waals surface area contributed by atoms with E-state index in [0.717, 1.165) is 22.7 Å². The summed E-state index contributed by atoms with van der Waals surface area (Å²) in [6, 6.07) is 0. The molecule has 0 bridgehead atoms. The molecule has 3 rings (SSSR count). The third-order valence-electron chi connectivity index (χ3n) is 5.65. The Bertz CT molecular complexity index is 255. The molecule has 0 heteroatoms. The smallest absolute Gasteiger partial charge is 0.0170 e. The predicted molar refractivity (Wildman–Crippen MR) is 60.0 cm³/mol. The zero-order chi connectivity index (χ0) is 10.1. The second-order valence-corrected chi connectivity index (χ2v) is 6.97. The van der Waals surface area contributed by atoms with Crippen molar-refractivity contribution in [2.45, 2.75) is 53.4 Å². The molecule has 14 heavy (non-hydrogen) atoms. The van der Waals surface area contributed by atoms with Crippen molar-refractivity contribution in [2.75, 3.05) is 0 Å². The number of fused-ring (bicyclic) bond motifs is 3. The number of hydrogen-bond donors (Lipinski definition) is 0. The Hall–Kier alpha value is 0. The molecule has 3 aliphatic carbocycles. The molecular formula is C14H24. The van der Waals surface area contributed by atoms with Gasteiger partial charge in [0.05, 0.1) is 0 Å². The lowest BCUT2D eigenvalue weighted by atomic mass is 9.89. The van der Waals surface area contributed by atoms with Gasteiger partial charge in [-0.1, -0.05) is 40.5 Å². The lowest BCUT2D eigenvalue weighted by Gasteiger charge is -2.16. The average Bonchev–Trinajstić information content (AvgIpc) is 2.95. The summed E-state index contributed by atoms with van der Waals surface area (Å²) in [7, 11) is 0. The molecule has 0 aromatic carbocycles. The van der Waals surface area contributed by atoms with E-state index in [0.29, 0.717) is 0 Å². The SMILES string of the molecule is CC(C)CCCC1(C)CC12C1C(C)C12. The van der Waals surface area contributed by atoms with Crippen molar-refractivity contribution in [1.82, 2.24) is 0 Å². The Balaban J connectivity index is 1.47. The minimum Gasteiger partial charge on any atom is -0.0628 e. The quantitative estimate of drug-likeness (QED) is 0.629. The van der Waals surface area contributed by atoms with Gasteiger partial charge in [0, 0.05) is 0 Å². The van der Waals surface area contributed by atoms with E-state index in [4.69, 9.17) is 0 Å². The maximum atomic E-state index is 2.56. The summed E-state index contributed by atoms with van der Waals surface area (Å²) >= 11 is 0. The third-order valence-corrected chi connectivity index (χ3v) is 5.65. The normalized spacial score (nSPS) is 57.6. The van der Waals surface area contributed by atoms with Crippen molar-refractivity contribution in [3.8, 4) is 0 Å². The molecule has 0 aliphatic heterocycles. The molecule has 3 saturated carbocycles. The van der Waals surface area contributed by atoms with Gasteiger partial charge in [-0.15, -0.1) is 0 Å². The Kier molecular flexibility index (Phi) is 1.58. The van der Waals surface area contributed by atoms with E-state index in [9.17, 15) is 0 Å². The lowest BCUT2D eigenvalue weighted by molar-refractivity contribution is 0.331. The molecule has 0 radical (unpaired) electrons. The van der Waals surface area contributed by atoms with Gasteiger partial charge in [-0.25, -0.2) is 0 Å². The predicted octanol–water partition coefficient (Wildman–Crippen LogP) is 4.10. The van der Waals surface area contributed by atoms with Crippen LogP contribution in [0.2, 0.25) is 0 Å². The van der Waals surface area contributed by atoms with E-state index in [-0.39, 0.29) is 0 Å². The van der Waals surface area contributed by atoms with E-state index in [2.05, 4.69) is 27.7 Å². The van der Waals surface area contributed by atoms with Gasteiger partial charge < -0.3 is 0 Å². The Labute approximate surface area is 88.5 Å². The second kappa shape index (κ2) is 2.39. The zero-order valence-electron chi connectivity index (χ0n) is 10.1. The van der Waals surface area contributed by atoms with Gasteiger partial charge in [0.1, 0.15) is 0 Å². The fourth-order valence-electron chi connectivity index (χ4n) is 4.65. The Morgan fingerprint density at radius 1 is 1.29 bits per heavy atom. The molecule has 0 aromatic rings. The molecule has 0 N–H and O–H groups in total. The molecule has 3 fully saturated rings. The minimum absolute atomic E-state index is 0.795. The second-order valence-electron chi connectivity index (χ2n) is 6.97. The maximum absolute atomic E-state index is 2.56. The van der Waals surface area contributed by atoms with Gasteiger partial charge in [-0.2, -0.15) is 0 Å². The van der Waals surface area contributed by atoms with Crippen LogP contribution < -0.4 is 0 Å². The highest BCUT2D eigenvalue weighted by Gasteiger charge is 2.93. The van der Waals surface area contributed by atoms with Crippen molar-refractivity contribution in [3.05, 3.63) is 0 Å². The van der Waals surface area contributed by atoms with E-state index in [1.807, 2.05) is 0 Å². The highest BCUT2D eigenvalue weighted by Crippen LogP contribution is 2.98. The maximum Gasteiger partial charge on any atom is -0.0170 e. The van der Waals surface area contributed by atoms with Crippen molar-refractivity contribution in [3.63, 3.8) is 0 Å². The van der Waals surface area contributed by atoms with Crippen LogP contribution in [0.5, 0.6) is 0 Å². The lowest BCUT2D eigenvalue weighted by Crippen LogP contribution is -2.08. The summed E-state index contributed by atoms with van der Waals surface area (Å²) in [4.78, 5) is 0. The largest absolute Gasteiger partial charge is 0.0628 e. The molecule has 3 unspecified atom stereocenters. The van der Waals surface area contributed by atoms with Crippen molar-refractivity contribution in [2.24, 2.45) is 34.5 Å². The highest BCUT2D eigenvalue weighted by atomic mass is 15.0. The van der Waals surface area contributed by atoms with Crippen LogP contribution >= 0.6 is 0 Å². The minimum atomic E-state index is 0.795. The van der Waals surface area contributed by atoms with Crippen LogP contribution in [0.1, 0.15) is 53.4 Å². The molecule has 3 aliphatic rings. The third kappa shape index (κ3) is 0.907. The van der Waals surface area contributed by atoms with E-state index >= 15 is 0 Å². The molecule has 0 saturated heterocycles. The van der Waals surface area contributed by atoms with Crippen LogP contribution in [-0.2, 0) is 0 Å². The molecule has 3 atom stereocenters. The van der Waals surface area contributed by atoms with Gasteiger partial charge >= 0.3 is 0 Å². The summed E-state index contributed by atoms with van der Waals surface area (Å²) in [5.74, 6) is 4.39. The zero-order valence-corrected chi connectivity index (χ0v) is 10.1. The van der Waals surface area contributed by atoms with Crippen molar-refractivity contribution < 1.29 is 0 Å². The van der Waals surface area contributed by atoms with E-state index in [1.165, 1.54) is 31.1 Å². The summed E-state index contributed by atoms with van der Waals surface area (Å²) in [5.41, 5.74) is 1.72. The van der Waals surface area contributed by atoms with Crippen LogP contribution in [0.4, 0.5) is 0 Å². The van der Waals surface area contributed by atoms with Gasteiger partial charge in [0.15, 0.2) is 0 Å². The number of rotatable bonds is 4. The van der Waals surface area contributed by atoms with Crippen LogP contribution in [0.3, 0.4) is 0 Å². The summed E-state index contributed by atoms with van der Waals surface area (Å²) in [6.07, 6.45) is 6.02.